The zero-order chi connectivity index (χ0) is 79.9. The molecule has 1 unspecified atom stereocenters. The monoisotopic (exact) mass is 1520 g/mol. The number of H-pyrrole nitrogens is 2. The van der Waals surface area contributed by atoms with Crippen LogP contribution in [-0.4, -0.2) is 204 Å². The molecule has 13 amide bonds. The molecule has 0 radical (unpaired) electrons. The van der Waals surface area contributed by atoms with E-state index in [2.05, 4.69) is 73.8 Å². The molecule has 1 aliphatic heterocycles. The third-order valence-corrected chi connectivity index (χ3v) is 19.1. The molecule has 23 N–H and O–H groups in total. The lowest BCUT2D eigenvalue weighted by molar-refractivity contribution is -0.157. The van der Waals surface area contributed by atoms with E-state index < -0.39 is 181 Å². The first-order chi connectivity index (χ1) is 52.1. The van der Waals surface area contributed by atoms with Crippen LogP contribution in [0.15, 0.2) is 85.2 Å². The third kappa shape index (κ3) is 27.1. The molecule has 1 aliphatic rings. The molecule has 6 rings (SSSR count). The summed E-state index contributed by atoms with van der Waals surface area (Å²) in [5.74, 6) is -12.8. The number of aliphatic hydroxyl groups is 1. The van der Waals surface area contributed by atoms with Gasteiger partial charge < -0.3 is 107 Å². The van der Waals surface area contributed by atoms with Gasteiger partial charge in [-0.1, -0.05) is 107 Å². The van der Waals surface area contributed by atoms with Crippen molar-refractivity contribution in [2.24, 2.45) is 34.8 Å². The van der Waals surface area contributed by atoms with E-state index >= 15 is 0 Å². The van der Waals surface area contributed by atoms with Crippen LogP contribution in [0.5, 0.6) is 0 Å². The zero-order valence-corrected chi connectivity index (χ0v) is 62.6. The topological polar surface area (TPSA) is 548 Å². The average molecular weight is 1520 g/mol. The highest BCUT2D eigenvalue weighted by Crippen LogP contribution is 2.23. The molecule has 0 aliphatic carbocycles. The first-order valence-corrected chi connectivity index (χ1v) is 37.0. The second-order valence-electron chi connectivity index (χ2n) is 27.6. The number of hydrogen-bond donors (Lipinski definition) is 19. The molecule has 2 aromatic heterocycles. The van der Waals surface area contributed by atoms with Crippen molar-refractivity contribution in [2.45, 2.75) is 198 Å². The van der Waals surface area contributed by atoms with Crippen molar-refractivity contribution < 1.29 is 77.0 Å². The maximum atomic E-state index is 15.0. The van der Waals surface area contributed by atoms with Crippen molar-refractivity contribution in [2.75, 3.05) is 39.3 Å². The van der Waals surface area contributed by atoms with Gasteiger partial charge in [-0.2, -0.15) is 0 Å². The number of carbonyl (C=O) groups excluding carboxylic acids is 14. The number of nitrogens with two attached hydrogens (primary N) is 4. The van der Waals surface area contributed by atoms with E-state index in [1.807, 2.05) is 26.8 Å². The van der Waals surface area contributed by atoms with E-state index in [0.29, 0.717) is 51.3 Å². The van der Waals surface area contributed by atoms with Gasteiger partial charge in [0.15, 0.2) is 6.04 Å². The number of esters is 1. The summed E-state index contributed by atoms with van der Waals surface area (Å²) in [7, 11) is 0. The molecule has 3 heterocycles. The van der Waals surface area contributed by atoms with Gasteiger partial charge in [0.05, 0.1) is 26.1 Å². The molecular formula is C75H108N18O16. The van der Waals surface area contributed by atoms with Gasteiger partial charge >= 0.3 is 5.97 Å². The predicted molar refractivity (Wildman–Crippen MR) is 404 cm³/mol. The summed E-state index contributed by atoms with van der Waals surface area (Å²) in [6, 6.07) is 6.45. The first kappa shape index (κ1) is 87.1. The molecule has 0 saturated carbocycles. The maximum Gasteiger partial charge on any atom is 0.331 e. The number of fused-ring (bicyclic) bond motifs is 2. The smallest absolute Gasteiger partial charge is 0.331 e. The van der Waals surface area contributed by atoms with Gasteiger partial charge in [0, 0.05) is 59.9 Å². The standard InChI is InChI=1S/C75H108N18O16/c1-7-41(3)25-28-61(96)85-58(35-60(79)95)71(104)89-55(32-45-26-23-42(4)24-27-45)69(102)91-56(33-46-36-80-50-18-11-9-16-48(46)50)70(103)88-54(22-15-31-78)68(101)87-52(20-13-29-76)66(99)82-38-62(97)84-53(21-14-30-77)67(100)90-57(34-47-37-81-51-19-12-10-17-49(47)51)72(105)93-65-44(6)109-75(108)59(40-94)86-63(98)39-83-73(106)64(43(5)8-2)92-74(65)107/h9-12,16-19,23-24,26-27,36-37,41,43-44,52-59,64-65,80-81,94H,7-8,13-15,20-22,25,28-35,38-40,76-78H2,1-6H3,(H2,79,95)(H,82,99)(H,83,106)(H,84,97)(H,85,96)(H,86,98)(H,87,101)(H,88,103)(H,89,104)(H,90,100)(H,91,102)(H,92,107)(H,93,105)/t41?,43-,44+,52-,53+,54+,55+,56+,57-,58+,59-,64-,65-/m0/s1. The lowest BCUT2D eigenvalue weighted by atomic mass is 9.97. The van der Waals surface area contributed by atoms with Crippen molar-refractivity contribution in [1.29, 1.82) is 0 Å². The largest absolute Gasteiger partial charge is 0.458 e. The number of rotatable bonds is 41. The number of amides is 13. The van der Waals surface area contributed by atoms with E-state index in [4.69, 9.17) is 27.7 Å². The van der Waals surface area contributed by atoms with Crippen LogP contribution in [0, 0.1) is 18.8 Å². The molecule has 34 nitrogen and oxygen atoms in total. The number of cyclic esters (lactones) is 1. The number of benzene rings is 3. The Morgan fingerprint density at radius 1 is 0.560 bits per heavy atom. The Balaban J connectivity index is 1.22. The number of ether oxygens (including phenoxy) is 1. The Kier molecular flexibility index (Phi) is 35.0. The fourth-order valence-corrected chi connectivity index (χ4v) is 12.2. The lowest BCUT2D eigenvalue weighted by Crippen LogP contribution is -2.62. The van der Waals surface area contributed by atoms with Crippen molar-refractivity contribution in [3.8, 4) is 0 Å². The van der Waals surface area contributed by atoms with E-state index in [1.54, 1.807) is 93.0 Å². The number of hydrogen-bond acceptors (Lipinski definition) is 19. The Hall–Kier alpha value is -10.8. The van der Waals surface area contributed by atoms with Crippen LogP contribution in [0.4, 0.5) is 0 Å². The first-order valence-electron chi connectivity index (χ1n) is 37.0. The Morgan fingerprint density at radius 2 is 1.04 bits per heavy atom. The van der Waals surface area contributed by atoms with E-state index in [-0.39, 0.29) is 89.8 Å². The third-order valence-electron chi connectivity index (χ3n) is 19.1. The highest BCUT2D eigenvalue weighted by molar-refractivity contribution is 6.01. The Bertz CT molecular complexity index is 3960. The second kappa shape index (κ2) is 43.8. The van der Waals surface area contributed by atoms with Gasteiger partial charge in [-0.25, -0.2) is 4.79 Å². The van der Waals surface area contributed by atoms with Crippen molar-refractivity contribution in [3.63, 3.8) is 0 Å². The van der Waals surface area contributed by atoms with E-state index in [9.17, 15) is 72.2 Å². The summed E-state index contributed by atoms with van der Waals surface area (Å²) >= 11 is 0. The molecule has 0 bridgehead atoms. The molecule has 594 valence electrons. The van der Waals surface area contributed by atoms with Gasteiger partial charge in [-0.15, -0.1) is 0 Å². The number of aromatic nitrogens is 2. The minimum atomic E-state index is -1.78. The molecule has 34 heteroatoms. The minimum Gasteiger partial charge on any atom is -0.458 e. The number of aliphatic hydroxyl groups excluding tert-OH is 1. The van der Waals surface area contributed by atoms with Crippen molar-refractivity contribution >= 4 is 105 Å². The highest BCUT2D eigenvalue weighted by atomic mass is 16.5. The van der Waals surface area contributed by atoms with E-state index in [0.717, 1.165) is 12.0 Å². The van der Waals surface area contributed by atoms with Gasteiger partial charge in [0.2, 0.25) is 76.8 Å². The van der Waals surface area contributed by atoms with Crippen LogP contribution < -0.4 is 86.7 Å². The summed E-state index contributed by atoms with van der Waals surface area (Å²) < 4.78 is 5.57. The maximum absolute atomic E-state index is 15.0. The van der Waals surface area contributed by atoms with Gasteiger partial charge in [-0.05, 0) is 119 Å². The number of para-hydroxylation sites is 2. The summed E-state index contributed by atoms with van der Waals surface area (Å²) in [4.78, 5) is 203. The predicted octanol–water partition coefficient (Wildman–Crippen LogP) is -2.03. The number of aryl methyl sites for hydroxylation is 1. The fourth-order valence-electron chi connectivity index (χ4n) is 12.2. The number of nitrogens with one attached hydrogen (secondary N) is 14. The molecule has 0 spiro atoms. The molecular weight excluding hydrogens is 1410 g/mol. The minimum absolute atomic E-state index is 0.0336. The molecule has 109 heavy (non-hydrogen) atoms. The van der Waals surface area contributed by atoms with Crippen molar-refractivity contribution in [3.05, 3.63) is 107 Å². The van der Waals surface area contributed by atoms with Crippen LogP contribution in [-0.2, 0) is 91.1 Å². The Labute approximate surface area is 632 Å². The number of primary amides is 1. The summed E-state index contributed by atoms with van der Waals surface area (Å²) in [6.45, 7) is 8.27. The summed E-state index contributed by atoms with van der Waals surface area (Å²) in [6.07, 6.45) is 2.51. The molecule has 1 fully saturated rings. The Morgan fingerprint density at radius 3 is 1.55 bits per heavy atom. The highest BCUT2D eigenvalue weighted by Gasteiger charge is 2.40. The SMILES string of the molecule is CCC(C)CCC(=O)N[C@H](CC(N)=O)C(=O)N[C@H](Cc1ccc(C)cc1)C(=O)N[C@H](Cc1c[nH]c2ccccc12)C(=O)N[C@H](CCCN)C(=O)N[C@@H](CCCN)C(=O)NCC(=O)N[C@H](CCCN)C(=O)N[C@@H](Cc1c[nH]c2ccccc12)C(=O)N[C@@H]1C(=O)N[C@@H]([C@@H](C)CC)C(=O)NCC(=O)N[C@@H](CO)C(=O)O[C@@H]1C. The van der Waals surface area contributed by atoms with Crippen molar-refractivity contribution in [1.82, 2.24) is 73.8 Å². The number of carbonyl (C=O) groups is 14. The average Bonchev–Trinajstić information content (AvgIpc) is 1.72. The van der Waals surface area contributed by atoms with Crippen LogP contribution in [0.25, 0.3) is 21.8 Å². The lowest BCUT2D eigenvalue weighted by Gasteiger charge is -2.30. The fraction of sp³-hybridized carbons (Fsp3) is 0.520. The summed E-state index contributed by atoms with van der Waals surface area (Å²) in [5, 5.41) is 42.6. The molecule has 3 aromatic carbocycles. The normalized spacial score (nSPS) is 18.0. The second-order valence-corrected chi connectivity index (χ2v) is 27.6. The van der Waals surface area contributed by atoms with Crippen LogP contribution in [0.3, 0.4) is 0 Å². The van der Waals surface area contributed by atoms with E-state index in [1.165, 1.54) is 6.92 Å². The van der Waals surface area contributed by atoms with Crippen LogP contribution >= 0.6 is 0 Å². The van der Waals surface area contributed by atoms with Crippen LogP contribution in [0.2, 0.25) is 0 Å². The van der Waals surface area contributed by atoms with Crippen LogP contribution in [0.1, 0.15) is 128 Å². The van der Waals surface area contributed by atoms with Gasteiger partial charge in [-0.3, -0.25) is 62.3 Å². The molecule has 1 saturated heterocycles. The quantitative estimate of drug-likeness (QED) is 0.0188. The summed E-state index contributed by atoms with van der Waals surface area (Å²) in [5.41, 5.74) is 27.3. The zero-order valence-electron chi connectivity index (χ0n) is 62.6. The molecule has 13 atom stereocenters. The van der Waals surface area contributed by atoms with Gasteiger partial charge in [0.1, 0.15) is 60.5 Å². The van der Waals surface area contributed by atoms with Gasteiger partial charge in [0.25, 0.3) is 0 Å². The number of aromatic amines is 2. The molecule has 5 aromatic rings.